The molecule has 2 rings (SSSR count). The summed E-state index contributed by atoms with van der Waals surface area (Å²) < 4.78 is 0. The largest absolute Gasteiger partial charge is 0.367 e. The van der Waals surface area contributed by atoms with Crippen LogP contribution in [-0.4, -0.2) is 17.2 Å². The predicted molar refractivity (Wildman–Crippen MR) is 79.2 cm³/mol. The highest BCUT2D eigenvalue weighted by molar-refractivity contribution is 8.00. The molecule has 0 aliphatic carbocycles. The molecule has 2 aromatic rings. The van der Waals surface area contributed by atoms with Gasteiger partial charge in [0.15, 0.2) is 5.37 Å². The normalized spacial score (nSPS) is 11.6. The fourth-order valence-corrected chi connectivity index (χ4v) is 2.45. The fourth-order valence-electron chi connectivity index (χ4n) is 1.59. The first-order valence-corrected chi connectivity index (χ1v) is 6.92. The maximum absolute atomic E-state index is 12.0. The van der Waals surface area contributed by atoms with Crippen molar-refractivity contribution in [3.63, 3.8) is 0 Å². The van der Waals surface area contributed by atoms with Crippen LogP contribution >= 0.6 is 11.8 Å². The second-order valence-corrected chi connectivity index (χ2v) is 5.23. The molecule has 0 aliphatic heterocycles. The van der Waals surface area contributed by atoms with Gasteiger partial charge in [-0.2, -0.15) is 0 Å². The van der Waals surface area contributed by atoms with Crippen molar-refractivity contribution in [3.05, 3.63) is 66.2 Å². The summed E-state index contributed by atoms with van der Waals surface area (Å²) in [5.41, 5.74) is 5.83. The summed E-state index contributed by atoms with van der Waals surface area (Å²) in [6, 6.07) is 18.0. The van der Waals surface area contributed by atoms with Crippen molar-refractivity contribution < 1.29 is 9.59 Å². The third kappa shape index (κ3) is 3.86. The van der Waals surface area contributed by atoms with Gasteiger partial charge in [0.1, 0.15) is 0 Å². The fraction of sp³-hybridized carbons (Fsp3) is 0.0667. The summed E-state index contributed by atoms with van der Waals surface area (Å²) in [6.45, 7) is 0. The minimum atomic E-state index is -0.801. The average molecular weight is 286 g/mol. The van der Waals surface area contributed by atoms with E-state index in [2.05, 4.69) is 5.32 Å². The molecular formula is C15H14N2O2S. The lowest BCUT2D eigenvalue weighted by atomic mass is 10.2. The molecule has 20 heavy (non-hydrogen) atoms. The summed E-state index contributed by atoms with van der Waals surface area (Å²) in [6.07, 6.45) is 0. The highest BCUT2D eigenvalue weighted by Gasteiger charge is 2.19. The Balaban J connectivity index is 2.07. The van der Waals surface area contributed by atoms with Crippen LogP contribution in [0.3, 0.4) is 0 Å². The van der Waals surface area contributed by atoms with E-state index in [1.54, 1.807) is 24.3 Å². The maximum atomic E-state index is 12.0. The first-order chi connectivity index (χ1) is 9.66. The number of nitrogens with two attached hydrogens (primary N) is 1. The molecule has 0 fully saturated rings. The van der Waals surface area contributed by atoms with Gasteiger partial charge in [-0.25, -0.2) is 0 Å². The molecule has 0 radical (unpaired) electrons. The lowest BCUT2D eigenvalue weighted by Crippen LogP contribution is -2.42. The number of hydrogen-bond donors (Lipinski definition) is 2. The molecule has 102 valence electrons. The monoisotopic (exact) mass is 286 g/mol. The summed E-state index contributed by atoms with van der Waals surface area (Å²) in [4.78, 5) is 24.3. The summed E-state index contributed by atoms with van der Waals surface area (Å²) >= 11 is 1.21. The van der Waals surface area contributed by atoms with Crippen LogP contribution in [0.15, 0.2) is 65.6 Å². The van der Waals surface area contributed by atoms with Crippen LogP contribution in [0.5, 0.6) is 0 Å². The average Bonchev–Trinajstić information content (AvgIpc) is 2.48. The lowest BCUT2D eigenvalue weighted by molar-refractivity contribution is -0.117. The molecule has 0 heterocycles. The Labute approximate surface area is 121 Å². The zero-order valence-corrected chi connectivity index (χ0v) is 11.5. The standard InChI is InChI=1S/C15H14N2O2S/c16-13(18)15(20-12-9-5-2-6-10-12)17-14(19)11-7-3-1-4-8-11/h1-10,15H,(H2,16,18)(H,17,19). The Hall–Kier alpha value is -2.27. The van der Waals surface area contributed by atoms with Crippen LogP contribution in [0.2, 0.25) is 0 Å². The van der Waals surface area contributed by atoms with Crippen LogP contribution in [0, 0.1) is 0 Å². The topological polar surface area (TPSA) is 72.2 Å². The molecule has 4 nitrogen and oxygen atoms in total. The summed E-state index contributed by atoms with van der Waals surface area (Å²) in [7, 11) is 0. The van der Waals surface area contributed by atoms with Crippen LogP contribution in [0.4, 0.5) is 0 Å². The van der Waals surface area contributed by atoms with Crippen molar-refractivity contribution in [2.45, 2.75) is 10.3 Å². The van der Waals surface area contributed by atoms with E-state index in [0.717, 1.165) is 4.90 Å². The summed E-state index contributed by atoms with van der Waals surface area (Å²) in [5, 5.41) is 1.83. The Bertz CT molecular complexity index is 587. The van der Waals surface area contributed by atoms with E-state index in [1.807, 2.05) is 36.4 Å². The number of thioether (sulfide) groups is 1. The second-order valence-electron chi connectivity index (χ2n) is 4.05. The number of rotatable bonds is 5. The van der Waals surface area contributed by atoms with E-state index >= 15 is 0 Å². The third-order valence-corrected chi connectivity index (χ3v) is 3.68. The molecule has 1 unspecified atom stereocenters. The zero-order valence-electron chi connectivity index (χ0n) is 10.7. The Kier molecular flexibility index (Phi) is 4.79. The smallest absolute Gasteiger partial charge is 0.252 e. The minimum Gasteiger partial charge on any atom is -0.367 e. The molecule has 0 saturated heterocycles. The van der Waals surface area contributed by atoms with Gasteiger partial charge in [0.2, 0.25) is 0 Å². The molecule has 0 aromatic heterocycles. The maximum Gasteiger partial charge on any atom is 0.252 e. The third-order valence-electron chi connectivity index (χ3n) is 2.55. The SMILES string of the molecule is NC(=O)C(NC(=O)c1ccccc1)Sc1ccccc1. The minimum absolute atomic E-state index is 0.321. The van der Waals surface area contributed by atoms with Crippen molar-refractivity contribution >= 4 is 23.6 Å². The van der Waals surface area contributed by atoms with E-state index in [9.17, 15) is 9.59 Å². The van der Waals surface area contributed by atoms with Gasteiger partial charge in [-0.3, -0.25) is 9.59 Å². The highest BCUT2D eigenvalue weighted by atomic mass is 32.2. The van der Waals surface area contributed by atoms with Crippen molar-refractivity contribution in [2.75, 3.05) is 0 Å². The van der Waals surface area contributed by atoms with Gasteiger partial charge in [-0.05, 0) is 24.3 Å². The van der Waals surface area contributed by atoms with Gasteiger partial charge < -0.3 is 11.1 Å². The molecular weight excluding hydrogens is 272 g/mol. The van der Waals surface area contributed by atoms with E-state index in [0.29, 0.717) is 5.56 Å². The van der Waals surface area contributed by atoms with Crippen molar-refractivity contribution in [1.82, 2.24) is 5.32 Å². The van der Waals surface area contributed by atoms with Gasteiger partial charge in [-0.15, -0.1) is 0 Å². The van der Waals surface area contributed by atoms with Crippen LogP contribution in [0.25, 0.3) is 0 Å². The second kappa shape index (κ2) is 6.77. The number of carbonyl (C=O) groups excluding carboxylic acids is 2. The molecule has 0 spiro atoms. The predicted octanol–water partition coefficient (Wildman–Crippen LogP) is 2.02. The lowest BCUT2D eigenvalue weighted by Gasteiger charge is -2.15. The molecule has 2 amide bonds. The molecule has 5 heteroatoms. The first kappa shape index (κ1) is 14.1. The number of hydrogen-bond acceptors (Lipinski definition) is 3. The van der Waals surface area contributed by atoms with E-state index < -0.39 is 11.3 Å². The van der Waals surface area contributed by atoms with E-state index in [1.165, 1.54) is 11.8 Å². The number of primary amides is 1. The number of nitrogens with one attached hydrogen (secondary N) is 1. The Morgan fingerprint density at radius 2 is 1.50 bits per heavy atom. The Morgan fingerprint density at radius 1 is 0.950 bits per heavy atom. The first-order valence-electron chi connectivity index (χ1n) is 6.04. The molecule has 1 atom stereocenters. The number of carbonyl (C=O) groups is 2. The molecule has 0 aliphatic rings. The van der Waals surface area contributed by atoms with Gasteiger partial charge in [0, 0.05) is 10.5 Å². The summed E-state index contributed by atoms with van der Waals surface area (Å²) in [5.74, 6) is -0.902. The number of benzene rings is 2. The number of amides is 2. The van der Waals surface area contributed by atoms with Crippen molar-refractivity contribution in [2.24, 2.45) is 5.73 Å². The zero-order chi connectivity index (χ0) is 14.4. The van der Waals surface area contributed by atoms with E-state index in [-0.39, 0.29) is 5.91 Å². The highest BCUT2D eigenvalue weighted by Crippen LogP contribution is 2.21. The van der Waals surface area contributed by atoms with E-state index in [4.69, 9.17) is 5.73 Å². The molecule has 0 saturated carbocycles. The van der Waals surface area contributed by atoms with Gasteiger partial charge in [-0.1, -0.05) is 48.2 Å². The van der Waals surface area contributed by atoms with Crippen LogP contribution in [-0.2, 0) is 4.79 Å². The Morgan fingerprint density at radius 3 is 2.05 bits per heavy atom. The van der Waals surface area contributed by atoms with Gasteiger partial charge in [0.05, 0.1) is 0 Å². The molecule has 3 N–H and O–H groups in total. The molecule has 0 bridgehead atoms. The van der Waals surface area contributed by atoms with Crippen molar-refractivity contribution in [1.29, 1.82) is 0 Å². The quantitative estimate of drug-likeness (QED) is 0.652. The van der Waals surface area contributed by atoms with Crippen molar-refractivity contribution in [3.8, 4) is 0 Å². The van der Waals surface area contributed by atoms with Crippen LogP contribution in [0.1, 0.15) is 10.4 Å². The van der Waals surface area contributed by atoms with Crippen LogP contribution < -0.4 is 11.1 Å². The van der Waals surface area contributed by atoms with Gasteiger partial charge in [0.25, 0.3) is 11.8 Å². The molecule has 2 aromatic carbocycles. The van der Waals surface area contributed by atoms with Gasteiger partial charge >= 0.3 is 0 Å².